The van der Waals surface area contributed by atoms with E-state index in [1.165, 1.54) is 0 Å². The Labute approximate surface area is 111 Å². The zero-order valence-electron chi connectivity index (χ0n) is 10.9. The van der Waals surface area contributed by atoms with Crippen LogP contribution in [0.1, 0.15) is 39.5 Å². The summed E-state index contributed by atoms with van der Waals surface area (Å²) in [4.78, 5) is 4.36. The zero-order chi connectivity index (χ0) is 13.6. The smallest absolute Gasteiger partial charge is 0.365 e. The van der Waals surface area contributed by atoms with Gasteiger partial charge in [-0.25, -0.2) is 0 Å². The summed E-state index contributed by atoms with van der Waals surface area (Å²) in [7, 11) is 0. The van der Waals surface area contributed by atoms with Crippen LogP contribution in [-0.2, 0) is 0 Å². The van der Waals surface area contributed by atoms with Crippen LogP contribution in [0.3, 0.4) is 0 Å². The normalized spacial score (nSPS) is 20.3. The maximum absolute atomic E-state index is 12.0. The van der Waals surface area contributed by atoms with Crippen LogP contribution in [-0.4, -0.2) is 29.7 Å². The third-order valence-electron chi connectivity index (χ3n) is 3.17. The predicted octanol–water partition coefficient (Wildman–Crippen LogP) is 3.83. The molecule has 1 aliphatic heterocycles. The second-order valence-corrected chi connectivity index (χ2v) is 5.75. The molecule has 0 spiro atoms. The first-order chi connectivity index (χ1) is 8.46. The van der Waals surface area contributed by atoms with E-state index in [-0.39, 0.29) is 6.42 Å². The number of aliphatic imine (C=N–C) groups is 1. The molecule has 1 aliphatic rings. The molecule has 0 aromatic rings. The van der Waals surface area contributed by atoms with Crippen molar-refractivity contribution in [2.45, 2.75) is 51.0 Å². The maximum atomic E-state index is 12.0. The molecular weight excluding hydrogens is 261 g/mol. The molecule has 0 aliphatic carbocycles. The number of rotatable bonds is 6. The van der Waals surface area contributed by atoms with Gasteiger partial charge in [-0.1, -0.05) is 38.5 Å². The largest absolute Gasteiger partial charge is 0.389 e. The molecule has 1 heterocycles. The topological polar surface area (TPSA) is 24.4 Å². The van der Waals surface area contributed by atoms with Gasteiger partial charge in [-0.2, -0.15) is 13.2 Å². The fraction of sp³-hybridized carbons (Fsp3) is 0.917. The van der Waals surface area contributed by atoms with Crippen molar-refractivity contribution >= 4 is 16.9 Å². The second kappa shape index (κ2) is 7.26. The molecule has 0 fully saturated rings. The highest BCUT2D eigenvalue weighted by molar-refractivity contribution is 8.14. The standard InChI is InChI=1S/C12H21F3N2S/c1-3-9(4-2)10-8-17-11(18-10)16-7-5-6-12(13,14)15/h9-10H,3-8H2,1-2H3,(H,16,17). The van der Waals surface area contributed by atoms with Gasteiger partial charge in [0.1, 0.15) is 0 Å². The van der Waals surface area contributed by atoms with E-state index in [4.69, 9.17) is 0 Å². The SMILES string of the molecule is CCC(CC)C1CN=C(NCCCC(F)(F)F)S1. The first kappa shape index (κ1) is 15.7. The molecule has 2 nitrogen and oxygen atoms in total. The van der Waals surface area contributed by atoms with Crippen LogP contribution in [0, 0.1) is 5.92 Å². The van der Waals surface area contributed by atoms with E-state index >= 15 is 0 Å². The average molecular weight is 282 g/mol. The van der Waals surface area contributed by atoms with Gasteiger partial charge < -0.3 is 5.32 Å². The lowest BCUT2D eigenvalue weighted by Crippen LogP contribution is -2.23. The van der Waals surface area contributed by atoms with Crippen LogP contribution in [0.5, 0.6) is 0 Å². The Morgan fingerprint density at radius 1 is 1.39 bits per heavy atom. The van der Waals surface area contributed by atoms with Crippen LogP contribution in [0.25, 0.3) is 0 Å². The van der Waals surface area contributed by atoms with Crippen molar-refractivity contribution in [1.82, 2.24) is 5.32 Å². The highest BCUT2D eigenvalue weighted by atomic mass is 32.2. The van der Waals surface area contributed by atoms with Crippen molar-refractivity contribution in [2.24, 2.45) is 10.9 Å². The number of hydrogen-bond acceptors (Lipinski definition) is 3. The highest BCUT2D eigenvalue weighted by Gasteiger charge is 2.27. The zero-order valence-corrected chi connectivity index (χ0v) is 11.7. The van der Waals surface area contributed by atoms with Gasteiger partial charge in [0.25, 0.3) is 0 Å². The quantitative estimate of drug-likeness (QED) is 0.749. The van der Waals surface area contributed by atoms with Crippen molar-refractivity contribution in [2.75, 3.05) is 13.1 Å². The molecule has 18 heavy (non-hydrogen) atoms. The summed E-state index contributed by atoms with van der Waals surface area (Å²) in [6.45, 7) is 5.48. The third kappa shape index (κ3) is 5.50. The Kier molecular flexibility index (Phi) is 6.32. The summed E-state index contributed by atoms with van der Waals surface area (Å²) in [6, 6.07) is 0. The molecule has 0 aromatic heterocycles. The number of nitrogens with one attached hydrogen (secondary N) is 1. The number of halogens is 3. The van der Waals surface area contributed by atoms with E-state index in [0.29, 0.717) is 17.7 Å². The third-order valence-corrected chi connectivity index (χ3v) is 4.50. The van der Waals surface area contributed by atoms with Gasteiger partial charge in [-0.05, 0) is 12.3 Å². The molecule has 1 N–H and O–H groups in total. The lowest BCUT2D eigenvalue weighted by Gasteiger charge is -2.18. The van der Waals surface area contributed by atoms with Gasteiger partial charge >= 0.3 is 6.18 Å². The van der Waals surface area contributed by atoms with E-state index in [0.717, 1.165) is 24.6 Å². The molecule has 1 unspecified atom stereocenters. The van der Waals surface area contributed by atoms with E-state index in [9.17, 15) is 13.2 Å². The fourth-order valence-electron chi connectivity index (χ4n) is 2.03. The summed E-state index contributed by atoms with van der Waals surface area (Å²) in [5.41, 5.74) is 0. The number of hydrogen-bond donors (Lipinski definition) is 1. The van der Waals surface area contributed by atoms with Gasteiger partial charge in [-0.15, -0.1) is 0 Å². The molecule has 0 saturated heterocycles. The second-order valence-electron chi connectivity index (χ2n) is 4.52. The van der Waals surface area contributed by atoms with Crippen molar-refractivity contribution in [3.05, 3.63) is 0 Å². The van der Waals surface area contributed by atoms with E-state index in [1.807, 2.05) is 0 Å². The van der Waals surface area contributed by atoms with E-state index in [2.05, 4.69) is 24.2 Å². The fourth-order valence-corrected chi connectivity index (χ4v) is 3.38. The molecule has 0 bridgehead atoms. The molecular formula is C12H21F3N2S. The molecule has 6 heteroatoms. The molecule has 106 valence electrons. The monoisotopic (exact) mass is 282 g/mol. The minimum absolute atomic E-state index is 0.110. The molecule has 1 rings (SSSR count). The lowest BCUT2D eigenvalue weighted by molar-refractivity contribution is -0.135. The molecule has 0 saturated carbocycles. The van der Waals surface area contributed by atoms with Crippen molar-refractivity contribution in [1.29, 1.82) is 0 Å². The first-order valence-corrected chi connectivity index (χ1v) is 7.36. The van der Waals surface area contributed by atoms with Gasteiger partial charge in [0.05, 0.1) is 6.54 Å². The highest BCUT2D eigenvalue weighted by Crippen LogP contribution is 2.30. The van der Waals surface area contributed by atoms with Crippen molar-refractivity contribution in [3.8, 4) is 0 Å². The van der Waals surface area contributed by atoms with Crippen LogP contribution in [0.2, 0.25) is 0 Å². The summed E-state index contributed by atoms with van der Waals surface area (Å²) in [5, 5.41) is 4.30. The Bertz CT molecular complexity index is 275. The Morgan fingerprint density at radius 2 is 2.06 bits per heavy atom. The summed E-state index contributed by atoms with van der Waals surface area (Å²) < 4.78 is 35.9. The summed E-state index contributed by atoms with van der Waals surface area (Å²) in [5.74, 6) is 0.647. The Balaban J connectivity index is 2.18. The number of thioether (sulfide) groups is 1. The molecule has 0 amide bonds. The molecule has 0 radical (unpaired) electrons. The Hall–Kier alpha value is -0.390. The lowest BCUT2D eigenvalue weighted by atomic mass is 9.99. The summed E-state index contributed by atoms with van der Waals surface area (Å²) in [6.07, 6.45) is -2.41. The summed E-state index contributed by atoms with van der Waals surface area (Å²) >= 11 is 1.68. The molecule has 1 atom stereocenters. The van der Waals surface area contributed by atoms with Crippen LogP contribution in [0.4, 0.5) is 13.2 Å². The minimum Gasteiger partial charge on any atom is -0.365 e. The van der Waals surface area contributed by atoms with E-state index in [1.54, 1.807) is 11.8 Å². The van der Waals surface area contributed by atoms with Crippen molar-refractivity contribution < 1.29 is 13.2 Å². The van der Waals surface area contributed by atoms with Crippen LogP contribution < -0.4 is 5.32 Å². The van der Waals surface area contributed by atoms with Crippen LogP contribution in [0.15, 0.2) is 4.99 Å². The average Bonchev–Trinajstić information content (AvgIpc) is 2.74. The van der Waals surface area contributed by atoms with Gasteiger partial charge in [-0.3, -0.25) is 4.99 Å². The minimum atomic E-state index is -4.05. The maximum Gasteiger partial charge on any atom is 0.389 e. The van der Waals surface area contributed by atoms with Gasteiger partial charge in [0.15, 0.2) is 5.17 Å². The first-order valence-electron chi connectivity index (χ1n) is 6.48. The van der Waals surface area contributed by atoms with Crippen molar-refractivity contribution in [3.63, 3.8) is 0 Å². The predicted molar refractivity (Wildman–Crippen MR) is 71.0 cm³/mol. The van der Waals surface area contributed by atoms with E-state index < -0.39 is 12.6 Å². The number of nitrogens with zero attached hydrogens (tertiary/aromatic N) is 1. The number of alkyl halides is 3. The Morgan fingerprint density at radius 3 is 2.61 bits per heavy atom. The van der Waals surface area contributed by atoms with Crippen LogP contribution >= 0.6 is 11.8 Å². The van der Waals surface area contributed by atoms with Gasteiger partial charge in [0, 0.05) is 18.2 Å². The number of amidine groups is 1. The molecule has 0 aromatic carbocycles. The van der Waals surface area contributed by atoms with Gasteiger partial charge in [0.2, 0.25) is 0 Å².